The lowest BCUT2D eigenvalue weighted by molar-refractivity contribution is -0.228. The van der Waals surface area contributed by atoms with Gasteiger partial charge in [0.1, 0.15) is 12.2 Å². The lowest BCUT2D eigenvalue weighted by atomic mass is 9.35. The second-order valence-corrected chi connectivity index (χ2v) is 14.1. The first kappa shape index (κ1) is 26.3. The van der Waals surface area contributed by atoms with E-state index in [0.717, 1.165) is 30.4 Å². The Morgan fingerprint density at radius 2 is 1.78 bits per heavy atom. The summed E-state index contributed by atoms with van der Waals surface area (Å²) in [4.78, 5) is 26.3. The number of hydrogen-bond acceptors (Lipinski definition) is 5. The van der Waals surface area contributed by atoms with Gasteiger partial charge in [-0.1, -0.05) is 47.5 Å². The molecule has 0 bridgehead atoms. The van der Waals surface area contributed by atoms with E-state index in [0.29, 0.717) is 17.3 Å². The molecular formula is C31H48O5. The summed E-state index contributed by atoms with van der Waals surface area (Å²) in [5.41, 5.74) is 2.01. The van der Waals surface area contributed by atoms with Gasteiger partial charge < -0.3 is 14.6 Å². The third-order valence-corrected chi connectivity index (χ3v) is 12.4. The fraction of sp³-hybridized carbons (Fsp3) is 0.871. The van der Waals surface area contributed by atoms with Crippen molar-refractivity contribution in [3.05, 3.63) is 11.1 Å². The standard InChI is InChI=1S/C31H48O5/c1-8-28(4)13-9-14-29(5)21(28)12-15-30(6)22-11-10-20-19(3)35-27(34)26(20)31(22,7)24(17-23(29)30)36-25(33)16-18(2)32/h18-19,21-24,32H,8-17H2,1-7H3/t18?,19-,21?,22?,23?,24-,28-,29-,30-,31+/m0/s1. The van der Waals surface area contributed by atoms with Crippen LogP contribution in [0.1, 0.15) is 113 Å². The summed E-state index contributed by atoms with van der Waals surface area (Å²) >= 11 is 0. The molecule has 1 heterocycles. The normalized spacial score (nSPS) is 48.8. The number of ether oxygens (including phenoxy) is 2. The summed E-state index contributed by atoms with van der Waals surface area (Å²) in [6, 6.07) is 0. The van der Waals surface area contributed by atoms with Crippen LogP contribution in [0.15, 0.2) is 11.1 Å². The van der Waals surface area contributed by atoms with Crippen molar-refractivity contribution >= 4 is 11.9 Å². The average molecular weight is 501 g/mol. The monoisotopic (exact) mass is 500 g/mol. The number of aliphatic hydroxyl groups excluding tert-OH is 1. The number of cyclic esters (lactones) is 1. The molecule has 0 radical (unpaired) electrons. The molecule has 4 aliphatic carbocycles. The van der Waals surface area contributed by atoms with Gasteiger partial charge >= 0.3 is 11.9 Å². The zero-order valence-electron chi connectivity index (χ0n) is 23.6. The van der Waals surface area contributed by atoms with Crippen LogP contribution >= 0.6 is 0 Å². The number of hydrogen-bond donors (Lipinski definition) is 1. The van der Waals surface area contributed by atoms with Crippen LogP contribution < -0.4 is 0 Å². The van der Waals surface area contributed by atoms with Gasteiger partial charge in [0, 0.05) is 11.0 Å². The van der Waals surface area contributed by atoms with Crippen LogP contribution in [0.5, 0.6) is 0 Å². The van der Waals surface area contributed by atoms with E-state index in [9.17, 15) is 14.7 Å². The van der Waals surface area contributed by atoms with Gasteiger partial charge in [-0.15, -0.1) is 0 Å². The van der Waals surface area contributed by atoms with Crippen LogP contribution in [-0.2, 0) is 19.1 Å². The predicted molar refractivity (Wildman–Crippen MR) is 139 cm³/mol. The predicted octanol–water partition coefficient (Wildman–Crippen LogP) is 6.37. The van der Waals surface area contributed by atoms with E-state index in [1.165, 1.54) is 38.5 Å². The lowest BCUT2D eigenvalue weighted by Crippen LogP contribution is -2.66. The highest BCUT2D eigenvalue weighted by atomic mass is 16.6. The fourth-order valence-corrected chi connectivity index (χ4v) is 10.6. The SMILES string of the molecule is CC[C@@]1(C)CCC[C@@]2(C)C1CC[C@]1(C)C2C[C@H](OC(=O)CC(C)O)[C@]2(C)C3=C(CCC12)[C@H](C)OC3=O. The maximum absolute atomic E-state index is 13.3. The quantitative estimate of drug-likeness (QED) is 0.454. The molecule has 0 aromatic heterocycles. The van der Waals surface area contributed by atoms with Gasteiger partial charge in [0.15, 0.2) is 0 Å². The zero-order valence-corrected chi connectivity index (χ0v) is 23.6. The average Bonchev–Trinajstić information content (AvgIpc) is 3.08. The van der Waals surface area contributed by atoms with Gasteiger partial charge in [-0.25, -0.2) is 4.79 Å². The Labute approximate surface area is 217 Å². The second-order valence-electron chi connectivity index (χ2n) is 14.1. The lowest BCUT2D eigenvalue weighted by Gasteiger charge is -2.70. The molecule has 1 N–H and O–H groups in total. The molecule has 5 heteroatoms. The van der Waals surface area contributed by atoms with Crippen LogP contribution in [0.2, 0.25) is 0 Å². The van der Waals surface area contributed by atoms with Crippen molar-refractivity contribution < 1.29 is 24.2 Å². The Balaban J connectivity index is 1.61. The van der Waals surface area contributed by atoms with Crippen LogP contribution in [0, 0.1) is 39.4 Å². The van der Waals surface area contributed by atoms with Gasteiger partial charge in [0.05, 0.1) is 12.5 Å². The Bertz CT molecular complexity index is 968. The Morgan fingerprint density at radius 3 is 2.44 bits per heavy atom. The Morgan fingerprint density at radius 1 is 1.08 bits per heavy atom. The van der Waals surface area contributed by atoms with E-state index in [2.05, 4.69) is 34.6 Å². The minimum atomic E-state index is -0.743. The van der Waals surface area contributed by atoms with Gasteiger partial charge in [-0.3, -0.25) is 4.79 Å². The van der Waals surface area contributed by atoms with Crippen molar-refractivity contribution in [3.63, 3.8) is 0 Å². The first-order valence-corrected chi connectivity index (χ1v) is 14.6. The number of esters is 2. The summed E-state index contributed by atoms with van der Waals surface area (Å²) in [5, 5.41) is 9.90. The van der Waals surface area contributed by atoms with Crippen LogP contribution in [0.3, 0.4) is 0 Å². The summed E-state index contributed by atoms with van der Waals surface area (Å²) in [7, 11) is 0. The molecule has 3 saturated carbocycles. The van der Waals surface area contributed by atoms with Crippen LogP contribution in [0.4, 0.5) is 0 Å². The summed E-state index contributed by atoms with van der Waals surface area (Å²) < 4.78 is 12.1. The molecule has 1 aliphatic heterocycles. The molecule has 5 rings (SSSR count). The first-order chi connectivity index (χ1) is 16.8. The maximum Gasteiger partial charge on any atom is 0.335 e. The second kappa shape index (κ2) is 8.58. The molecule has 10 atom stereocenters. The number of rotatable bonds is 4. The molecule has 0 aromatic carbocycles. The zero-order chi connectivity index (χ0) is 26.3. The van der Waals surface area contributed by atoms with E-state index in [1.54, 1.807) is 6.92 Å². The molecule has 4 unspecified atom stereocenters. The highest BCUT2D eigenvalue weighted by Crippen LogP contribution is 2.74. The van der Waals surface area contributed by atoms with E-state index >= 15 is 0 Å². The molecule has 0 spiro atoms. The number of aliphatic hydroxyl groups is 1. The van der Waals surface area contributed by atoms with Crippen molar-refractivity contribution in [1.29, 1.82) is 0 Å². The topological polar surface area (TPSA) is 72.8 Å². The maximum atomic E-state index is 13.3. The molecule has 5 nitrogen and oxygen atoms in total. The van der Waals surface area contributed by atoms with Crippen LogP contribution in [0.25, 0.3) is 0 Å². The minimum Gasteiger partial charge on any atom is -0.461 e. The van der Waals surface area contributed by atoms with Gasteiger partial charge in [-0.2, -0.15) is 0 Å². The summed E-state index contributed by atoms with van der Waals surface area (Å²) in [6.45, 7) is 15.7. The van der Waals surface area contributed by atoms with Crippen molar-refractivity contribution in [1.82, 2.24) is 0 Å². The van der Waals surface area contributed by atoms with E-state index in [-0.39, 0.29) is 47.3 Å². The third kappa shape index (κ3) is 3.50. The molecule has 0 saturated heterocycles. The van der Waals surface area contributed by atoms with E-state index in [4.69, 9.17) is 9.47 Å². The smallest absolute Gasteiger partial charge is 0.335 e. The molecule has 5 aliphatic rings. The number of carbonyl (C=O) groups is 2. The number of carbonyl (C=O) groups excluding carboxylic acids is 2. The molecule has 0 aromatic rings. The van der Waals surface area contributed by atoms with Crippen molar-refractivity contribution in [2.24, 2.45) is 39.4 Å². The summed E-state index contributed by atoms with van der Waals surface area (Å²) in [5.74, 6) is 0.811. The largest absolute Gasteiger partial charge is 0.461 e. The van der Waals surface area contributed by atoms with Gasteiger partial charge in [0.2, 0.25) is 0 Å². The third-order valence-electron chi connectivity index (χ3n) is 12.4. The molecule has 3 fully saturated rings. The van der Waals surface area contributed by atoms with Gasteiger partial charge in [0.25, 0.3) is 0 Å². The number of fused-ring (bicyclic) bond motifs is 6. The van der Waals surface area contributed by atoms with Gasteiger partial charge in [-0.05, 0) is 98.4 Å². The minimum absolute atomic E-state index is 0.0142. The van der Waals surface area contributed by atoms with Crippen molar-refractivity contribution in [2.75, 3.05) is 0 Å². The molecular weight excluding hydrogens is 452 g/mol. The Hall–Kier alpha value is -1.36. The molecule has 0 amide bonds. The van der Waals surface area contributed by atoms with E-state index < -0.39 is 11.5 Å². The summed E-state index contributed by atoms with van der Waals surface area (Å²) in [6.07, 6.45) is 8.82. The van der Waals surface area contributed by atoms with Crippen molar-refractivity contribution in [2.45, 2.75) is 131 Å². The van der Waals surface area contributed by atoms with Crippen LogP contribution in [-0.4, -0.2) is 35.4 Å². The Kier molecular flexibility index (Phi) is 6.26. The molecule has 36 heavy (non-hydrogen) atoms. The first-order valence-electron chi connectivity index (χ1n) is 14.6. The van der Waals surface area contributed by atoms with E-state index in [1.807, 2.05) is 6.92 Å². The highest BCUT2D eigenvalue weighted by Gasteiger charge is 2.70. The molecule has 202 valence electrons. The fourth-order valence-electron chi connectivity index (χ4n) is 10.6. The van der Waals surface area contributed by atoms with Crippen molar-refractivity contribution in [3.8, 4) is 0 Å². The highest BCUT2D eigenvalue weighted by molar-refractivity contribution is 5.94.